The number of fused-ring (bicyclic) bond motifs is 1. The average molecular weight is 194 g/mol. The van der Waals surface area contributed by atoms with E-state index in [0.29, 0.717) is 5.57 Å². The van der Waals surface area contributed by atoms with Crippen molar-refractivity contribution in [3.05, 3.63) is 35.4 Å². The molecule has 13 heavy (non-hydrogen) atoms. The Hall–Kier alpha value is -1.28. The van der Waals surface area contributed by atoms with E-state index >= 15 is 0 Å². The summed E-state index contributed by atoms with van der Waals surface area (Å²) >= 11 is 5.59. The van der Waals surface area contributed by atoms with Crippen LogP contribution >= 0.6 is 11.6 Å². The van der Waals surface area contributed by atoms with Crippen LogP contribution in [-0.2, 0) is 4.79 Å². The van der Waals surface area contributed by atoms with Crippen LogP contribution in [0.4, 0.5) is 5.69 Å². The van der Waals surface area contributed by atoms with Gasteiger partial charge in [0.15, 0.2) is 0 Å². The molecule has 1 aliphatic heterocycles. The third-order valence-corrected chi connectivity index (χ3v) is 2.42. The summed E-state index contributed by atoms with van der Waals surface area (Å²) in [6.07, 6.45) is 0. The molecule has 66 valence electrons. The Morgan fingerprint density at radius 3 is 2.77 bits per heavy atom. The SMILES string of the molecule is CN1C(=O)/C(=C/Cl)c2ccccc21. The summed E-state index contributed by atoms with van der Waals surface area (Å²) in [6, 6.07) is 7.59. The first-order valence-electron chi connectivity index (χ1n) is 3.93. The minimum Gasteiger partial charge on any atom is -0.311 e. The molecule has 0 saturated heterocycles. The Balaban J connectivity index is 2.67. The van der Waals surface area contributed by atoms with Gasteiger partial charge in [0, 0.05) is 18.1 Å². The Bertz CT molecular complexity index is 398. The molecule has 0 aromatic heterocycles. The first kappa shape index (κ1) is 8.32. The van der Waals surface area contributed by atoms with Crippen LogP contribution < -0.4 is 4.90 Å². The number of carbonyl (C=O) groups is 1. The molecule has 0 N–H and O–H groups in total. The number of hydrogen-bond acceptors (Lipinski definition) is 1. The van der Waals surface area contributed by atoms with Gasteiger partial charge in [-0.3, -0.25) is 4.79 Å². The first-order valence-corrected chi connectivity index (χ1v) is 4.37. The lowest BCUT2D eigenvalue weighted by Crippen LogP contribution is -2.20. The van der Waals surface area contributed by atoms with Gasteiger partial charge in [0.2, 0.25) is 0 Å². The highest BCUT2D eigenvalue weighted by Gasteiger charge is 2.28. The zero-order chi connectivity index (χ0) is 9.42. The van der Waals surface area contributed by atoms with Gasteiger partial charge in [0.25, 0.3) is 5.91 Å². The van der Waals surface area contributed by atoms with Crippen molar-refractivity contribution in [1.29, 1.82) is 0 Å². The fourth-order valence-electron chi connectivity index (χ4n) is 1.50. The predicted molar refractivity (Wildman–Crippen MR) is 53.7 cm³/mol. The molecule has 0 fully saturated rings. The monoisotopic (exact) mass is 193 g/mol. The molecule has 0 atom stereocenters. The third-order valence-electron chi connectivity index (χ3n) is 2.20. The van der Waals surface area contributed by atoms with Crippen LogP contribution in [0.15, 0.2) is 29.8 Å². The maximum atomic E-state index is 11.6. The fraction of sp³-hybridized carbons (Fsp3) is 0.100. The van der Waals surface area contributed by atoms with Crippen molar-refractivity contribution in [2.24, 2.45) is 0 Å². The summed E-state index contributed by atoms with van der Waals surface area (Å²) in [5.74, 6) is -0.0452. The van der Waals surface area contributed by atoms with E-state index in [4.69, 9.17) is 11.6 Å². The molecule has 0 spiro atoms. The lowest BCUT2D eigenvalue weighted by atomic mass is 10.1. The summed E-state index contributed by atoms with van der Waals surface area (Å²) < 4.78 is 0. The van der Waals surface area contributed by atoms with Crippen LogP contribution in [0.3, 0.4) is 0 Å². The van der Waals surface area contributed by atoms with Gasteiger partial charge < -0.3 is 4.90 Å². The summed E-state index contributed by atoms with van der Waals surface area (Å²) in [5, 5.41) is 0. The molecule has 3 heteroatoms. The maximum absolute atomic E-state index is 11.6. The lowest BCUT2D eigenvalue weighted by molar-refractivity contribution is -0.112. The van der Waals surface area contributed by atoms with Gasteiger partial charge in [-0.2, -0.15) is 0 Å². The highest BCUT2D eigenvalue weighted by atomic mass is 35.5. The number of hydrogen-bond donors (Lipinski definition) is 0. The van der Waals surface area contributed by atoms with Crippen LogP contribution in [0.5, 0.6) is 0 Å². The quantitative estimate of drug-likeness (QED) is 0.579. The number of amides is 1. The molecule has 0 bridgehead atoms. The minimum atomic E-state index is -0.0452. The topological polar surface area (TPSA) is 20.3 Å². The first-order chi connectivity index (χ1) is 6.25. The minimum absolute atomic E-state index is 0.0452. The highest BCUT2D eigenvalue weighted by Crippen LogP contribution is 2.35. The largest absolute Gasteiger partial charge is 0.311 e. The number of carbonyl (C=O) groups excluding carboxylic acids is 1. The molecule has 1 amide bonds. The van der Waals surface area contributed by atoms with Gasteiger partial charge in [-0.15, -0.1) is 0 Å². The highest BCUT2D eigenvalue weighted by molar-refractivity contribution is 6.40. The third kappa shape index (κ3) is 1.06. The number of para-hydroxylation sites is 1. The summed E-state index contributed by atoms with van der Waals surface area (Å²) in [6.45, 7) is 0. The number of likely N-dealkylation sites (N-methyl/N-ethyl adjacent to an activating group) is 1. The molecule has 1 heterocycles. The second-order valence-electron chi connectivity index (χ2n) is 2.90. The van der Waals surface area contributed by atoms with Crippen molar-refractivity contribution in [3.8, 4) is 0 Å². The Kier molecular flexibility index (Phi) is 1.85. The van der Waals surface area contributed by atoms with E-state index in [1.54, 1.807) is 11.9 Å². The van der Waals surface area contributed by atoms with Gasteiger partial charge in [-0.1, -0.05) is 29.8 Å². The van der Waals surface area contributed by atoms with Crippen molar-refractivity contribution in [1.82, 2.24) is 0 Å². The lowest BCUT2D eigenvalue weighted by Gasteiger charge is -2.07. The van der Waals surface area contributed by atoms with Crippen LogP contribution in [0.25, 0.3) is 5.57 Å². The average Bonchev–Trinajstić information content (AvgIpc) is 2.41. The van der Waals surface area contributed by atoms with Crippen LogP contribution in [0.1, 0.15) is 5.56 Å². The molecule has 0 unspecified atom stereocenters. The van der Waals surface area contributed by atoms with Gasteiger partial charge >= 0.3 is 0 Å². The molecule has 0 radical (unpaired) electrons. The predicted octanol–water partition coefficient (Wildman–Crippen LogP) is 2.24. The summed E-state index contributed by atoms with van der Waals surface area (Å²) in [4.78, 5) is 13.2. The van der Waals surface area contributed by atoms with E-state index in [2.05, 4.69) is 0 Å². The van der Waals surface area contributed by atoms with E-state index in [1.165, 1.54) is 5.54 Å². The van der Waals surface area contributed by atoms with Crippen molar-refractivity contribution in [2.45, 2.75) is 0 Å². The van der Waals surface area contributed by atoms with Gasteiger partial charge in [-0.05, 0) is 6.07 Å². The zero-order valence-electron chi connectivity index (χ0n) is 7.12. The molecule has 0 aliphatic carbocycles. The maximum Gasteiger partial charge on any atom is 0.259 e. The molecule has 2 rings (SSSR count). The number of nitrogens with zero attached hydrogens (tertiary/aromatic N) is 1. The number of anilines is 1. The smallest absolute Gasteiger partial charge is 0.259 e. The number of halogens is 1. The van der Waals surface area contributed by atoms with Crippen molar-refractivity contribution < 1.29 is 4.79 Å². The normalized spacial score (nSPS) is 18.2. The van der Waals surface area contributed by atoms with Crippen LogP contribution in [0.2, 0.25) is 0 Å². The van der Waals surface area contributed by atoms with Crippen LogP contribution in [-0.4, -0.2) is 13.0 Å². The molecule has 2 nitrogen and oxygen atoms in total. The van der Waals surface area contributed by atoms with E-state index in [0.717, 1.165) is 11.3 Å². The fourth-order valence-corrected chi connectivity index (χ4v) is 1.72. The second-order valence-corrected chi connectivity index (χ2v) is 3.12. The Morgan fingerprint density at radius 2 is 2.08 bits per heavy atom. The molecule has 0 saturated carbocycles. The number of rotatable bonds is 0. The Labute approximate surface area is 81.4 Å². The Morgan fingerprint density at radius 1 is 1.38 bits per heavy atom. The van der Waals surface area contributed by atoms with Gasteiger partial charge in [0.05, 0.1) is 11.3 Å². The second kappa shape index (κ2) is 2.89. The summed E-state index contributed by atoms with van der Waals surface area (Å²) in [5.41, 5.74) is 3.73. The van der Waals surface area contributed by atoms with Crippen LogP contribution in [0, 0.1) is 0 Å². The standard InChI is InChI=1S/C10H8ClNO/c1-12-9-5-3-2-4-7(9)8(6-11)10(12)13/h2-6H,1H3/b8-6+. The van der Waals surface area contributed by atoms with E-state index in [9.17, 15) is 4.79 Å². The molecular formula is C10H8ClNO. The van der Waals surface area contributed by atoms with Crippen molar-refractivity contribution in [2.75, 3.05) is 11.9 Å². The zero-order valence-corrected chi connectivity index (χ0v) is 7.88. The molecule has 1 aliphatic rings. The van der Waals surface area contributed by atoms with Gasteiger partial charge in [0.1, 0.15) is 0 Å². The van der Waals surface area contributed by atoms with E-state index in [1.807, 2.05) is 24.3 Å². The molecular weight excluding hydrogens is 186 g/mol. The molecule has 1 aromatic carbocycles. The van der Waals surface area contributed by atoms with Gasteiger partial charge in [-0.25, -0.2) is 0 Å². The van der Waals surface area contributed by atoms with Crippen molar-refractivity contribution >= 4 is 28.8 Å². The molecule has 1 aromatic rings. The van der Waals surface area contributed by atoms with E-state index in [-0.39, 0.29) is 5.91 Å². The van der Waals surface area contributed by atoms with E-state index < -0.39 is 0 Å². The van der Waals surface area contributed by atoms with Crippen molar-refractivity contribution in [3.63, 3.8) is 0 Å². The number of benzene rings is 1. The summed E-state index contributed by atoms with van der Waals surface area (Å²) in [7, 11) is 1.74.